The summed E-state index contributed by atoms with van der Waals surface area (Å²) < 4.78 is 10.4. The molecular formula is C29H45N3O6. The first kappa shape index (κ1) is 31.1. The summed E-state index contributed by atoms with van der Waals surface area (Å²) in [5.41, 5.74) is 2.04. The maximum atomic E-state index is 14.1. The fourth-order valence-corrected chi connectivity index (χ4v) is 4.18. The van der Waals surface area contributed by atoms with Crippen molar-refractivity contribution in [2.24, 2.45) is 5.92 Å². The lowest BCUT2D eigenvalue weighted by molar-refractivity contribution is -0.145. The van der Waals surface area contributed by atoms with Crippen molar-refractivity contribution in [2.75, 3.05) is 13.2 Å². The van der Waals surface area contributed by atoms with E-state index >= 15 is 0 Å². The van der Waals surface area contributed by atoms with Crippen LogP contribution in [0.15, 0.2) is 18.2 Å². The standard InChI is InChI=1S/C29H45N3O6/c1-9-37-24(33)14-15-30-26(34)25(21-11-10-19(4)20(5)17-21)32(22-12-13-22)27(35)23(16-18(2)3)31-28(36)38-29(6,7)8/h10-11,17-18,22-23,25H,9,12-16H2,1-8H3,(H,30,34)(H,31,36). The van der Waals surface area contributed by atoms with Gasteiger partial charge in [-0.05, 0) is 83.4 Å². The summed E-state index contributed by atoms with van der Waals surface area (Å²) in [6, 6.07) is 3.83. The molecule has 0 aliphatic heterocycles. The average molecular weight is 532 g/mol. The Bertz CT molecular complexity index is 997. The molecule has 1 saturated carbocycles. The number of hydrogen-bond acceptors (Lipinski definition) is 6. The SMILES string of the molecule is CCOC(=O)CCNC(=O)C(c1ccc(C)c(C)c1)N(C(=O)C(CC(C)C)NC(=O)OC(C)(C)C)C1CC1. The molecule has 9 nitrogen and oxygen atoms in total. The van der Waals surface area contributed by atoms with Crippen LogP contribution in [0.25, 0.3) is 0 Å². The lowest BCUT2D eigenvalue weighted by Crippen LogP contribution is -2.54. The van der Waals surface area contributed by atoms with E-state index in [1.165, 1.54) is 0 Å². The highest BCUT2D eigenvalue weighted by Crippen LogP contribution is 2.36. The molecule has 2 rings (SSSR count). The van der Waals surface area contributed by atoms with Crippen molar-refractivity contribution < 1.29 is 28.7 Å². The molecule has 1 aromatic rings. The quantitative estimate of drug-likeness (QED) is 0.388. The molecule has 2 unspecified atom stereocenters. The molecule has 0 saturated heterocycles. The molecule has 2 atom stereocenters. The van der Waals surface area contributed by atoms with Gasteiger partial charge in [0.15, 0.2) is 0 Å². The molecule has 9 heteroatoms. The zero-order valence-corrected chi connectivity index (χ0v) is 24.2. The molecule has 1 aliphatic carbocycles. The smallest absolute Gasteiger partial charge is 0.408 e. The maximum Gasteiger partial charge on any atom is 0.408 e. The molecule has 2 N–H and O–H groups in total. The minimum absolute atomic E-state index is 0.0345. The summed E-state index contributed by atoms with van der Waals surface area (Å²) in [6.45, 7) is 15.3. The van der Waals surface area contributed by atoms with Gasteiger partial charge in [0.1, 0.15) is 17.7 Å². The second-order valence-electron chi connectivity index (χ2n) is 11.4. The molecule has 212 valence electrons. The number of ether oxygens (including phenoxy) is 2. The van der Waals surface area contributed by atoms with Crippen LogP contribution >= 0.6 is 0 Å². The van der Waals surface area contributed by atoms with Crippen LogP contribution in [-0.4, -0.2) is 59.6 Å². The highest BCUT2D eigenvalue weighted by molar-refractivity contribution is 5.92. The first-order valence-corrected chi connectivity index (χ1v) is 13.6. The van der Waals surface area contributed by atoms with E-state index in [2.05, 4.69) is 10.6 Å². The van der Waals surface area contributed by atoms with E-state index in [1.54, 1.807) is 32.6 Å². The van der Waals surface area contributed by atoms with Gasteiger partial charge in [-0.25, -0.2) is 4.79 Å². The van der Waals surface area contributed by atoms with E-state index in [0.29, 0.717) is 12.0 Å². The fourth-order valence-electron chi connectivity index (χ4n) is 4.18. The highest BCUT2D eigenvalue weighted by atomic mass is 16.6. The van der Waals surface area contributed by atoms with Crippen LogP contribution in [0.1, 0.15) is 90.0 Å². The number of nitrogens with zero attached hydrogens (tertiary/aromatic N) is 1. The number of esters is 1. The summed E-state index contributed by atoms with van der Waals surface area (Å²) in [5, 5.41) is 5.59. The van der Waals surface area contributed by atoms with Crippen LogP contribution in [-0.2, 0) is 23.9 Å². The van der Waals surface area contributed by atoms with E-state index in [0.717, 1.165) is 24.0 Å². The lowest BCUT2D eigenvalue weighted by Gasteiger charge is -2.35. The summed E-state index contributed by atoms with van der Waals surface area (Å²) >= 11 is 0. The summed E-state index contributed by atoms with van der Waals surface area (Å²) in [4.78, 5) is 53.8. The van der Waals surface area contributed by atoms with Gasteiger partial charge in [-0.3, -0.25) is 14.4 Å². The molecule has 0 heterocycles. The number of nitrogens with one attached hydrogen (secondary N) is 2. The lowest BCUT2D eigenvalue weighted by atomic mass is 9.96. The number of alkyl carbamates (subject to hydrolysis) is 1. The van der Waals surface area contributed by atoms with Gasteiger partial charge in [0.05, 0.1) is 13.0 Å². The van der Waals surface area contributed by atoms with Crippen molar-refractivity contribution in [1.29, 1.82) is 0 Å². The summed E-state index contributed by atoms with van der Waals surface area (Å²) in [5.74, 6) is -0.989. The molecular weight excluding hydrogens is 486 g/mol. The van der Waals surface area contributed by atoms with Gasteiger partial charge in [-0.2, -0.15) is 0 Å². The van der Waals surface area contributed by atoms with Crippen LogP contribution in [0, 0.1) is 19.8 Å². The molecule has 1 aliphatic rings. The Kier molecular flexibility index (Phi) is 11.2. The molecule has 3 amide bonds. The number of rotatable bonds is 12. The van der Waals surface area contributed by atoms with Crippen molar-refractivity contribution in [3.63, 3.8) is 0 Å². The van der Waals surface area contributed by atoms with Gasteiger partial charge in [0, 0.05) is 12.6 Å². The van der Waals surface area contributed by atoms with Gasteiger partial charge in [-0.15, -0.1) is 0 Å². The van der Waals surface area contributed by atoms with Gasteiger partial charge in [0.2, 0.25) is 11.8 Å². The predicted molar refractivity (Wildman–Crippen MR) is 145 cm³/mol. The predicted octanol–water partition coefficient (Wildman–Crippen LogP) is 4.34. The van der Waals surface area contributed by atoms with Crippen molar-refractivity contribution >= 4 is 23.9 Å². The second-order valence-corrected chi connectivity index (χ2v) is 11.4. The Morgan fingerprint density at radius 1 is 1.08 bits per heavy atom. The third kappa shape index (κ3) is 9.65. The van der Waals surface area contributed by atoms with Gasteiger partial charge in [0.25, 0.3) is 0 Å². The van der Waals surface area contributed by atoms with Gasteiger partial charge in [-0.1, -0.05) is 32.0 Å². The van der Waals surface area contributed by atoms with Crippen molar-refractivity contribution in [1.82, 2.24) is 15.5 Å². The van der Waals surface area contributed by atoms with Crippen LogP contribution in [0.2, 0.25) is 0 Å². The Balaban J connectivity index is 2.41. The highest BCUT2D eigenvalue weighted by Gasteiger charge is 2.44. The van der Waals surface area contributed by atoms with Crippen LogP contribution < -0.4 is 10.6 Å². The van der Waals surface area contributed by atoms with E-state index in [1.807, 2.05) is 45.9 Å². The van der Waals surface area contributed by atoms with Crippen molar-refractivity contribution in [3.8, 4) is 0 Å². The Hall–Kier alpha value is -3.10. The Morgan fingerprint density at radius 3 is 2.26 bits per heavy atom. The van der Waals surface area contributed by atoms with Crippen molar-refractivity contribution in [3.05, 3.63) is 34.9 Å². The normalized spacial score (nSPS) is 14.9. The second kappa shape index (κ2) is 13.6. The number of amides is 3. The maximum absolute atomic E-state index is 14.1. The molecule has 0 aromatic heterocycles. The zero-order chi connectivity index (χ0) is 28.6. The van der Waals surface area contributed by atoms with E-state index in [9.17, 15) is 19.2 Å². The van der Waals surface area contributed by atoms with Gasteiger partial charge < -0.3 is 25.0 Å². The number of carbonyl (C=O) groups is 4. The first-order chi connectivity index (χ1) is 17.7. The fraction of sp³-hybridized carbons (Fsp3) is 0.655. The summed E-state index contributed by atoms with van der Waals surface area (Å²) in [7, 11) is 0. The van der Waals surface area contributed by atoms with Crippen LogP contribution in [0.4, 0.5) is 4.79 Å². The Labute approximate surface area is 227 Å². The molecule has 38 heavy (non-hydrogen) atoms. The molecule has 0 radical (unpaired) electrons. The number of hydrogen-bond donors (Lipinski definition) is 2. The summed E-state index contributed by atoms with van der Waals surface area (Å²) in [6.07, 6.45) is 1.29. The third-order valence-corrected chi connectivity index (χ3v) is 6.20. The zero-order valence-electron chi connectivity index (χ0n) is 24.2. The van der Waals surface area contributed by atoms with Crippen LogP contribution in [0.5, 0.6) is 0 Å². The van der Waals surface area contributed by atoms with Gasteiger partial charge >= 0.3 is 12.1 Å². The number of carbonyl (C=O) groups excluding carboxylic acids is 4. The topological polar surface area (TPSA) is 114 Å². The van der Waals surface area contributed by atoms with E-state index < -0.39 is 29.7 Å². The third-order valence-electron chi connectivity index (χ3n) is 6.20. The largest absolute Gasteiger partial charge is 0.466 e. The molecule has 1 aromatic carbocycles. The molecule has 0 bridgehead atoms. The average Bonchev–Trinajstić information content (AvgIpc) is 3.62. The van der Waals surface area contributed by atoms with E-state index in [4.69, 9.17) is 9.47 Å². The Morgan fingerprint density at radius 2 is 1.74 bits per heavy atom. The monoisotopic (exact) mass is 531 g/mol. The van der Waals surface area contributed by atoms with Crippen molar-refractivity contribution in [2.45, 2.75) is 105 Å². The minimum atomic E-state index is -0.911. The molecule has 0 spiro atoms. The first-order valence-electron chi connectivity index (χ1n) is 13.6. The minimum Gasteiger partial charge on any atom is -0.466 e. The van der Waals surface area contributed by atoms with Crippen LogP contribution in [0.3, 0.4) is 0 Å². The number of aryl methyl sites for hydroxylation is 2. The molecule has 1 fully saturated rings. The number of benzene rings is 1. The van der Waals surface area contributed by atoms with E-state index in [-0.39, 0.29) is 43.3 Å².